The van der Waals surface area contributed by atoms with Crippen molar-refractivity contribution in [3.63, 3.8) is 0 Å². The van der Waals surface area contributed by atoms with Crippen LogP contribution in [0.5, 0.6) is 0 Å². The average molecular weight is 295 g/mol. The van der Waals surface area contributed by atoms with Crippen molar-refractivity contribution in [1.82, 2.24) is 9.97 Å². The van der Waals surface area contributed by atoms with Gasteiger partial charge in [-0.2, -0.15) is 0 Å². The number of aromatic amines is 1. The van der Waals surface area contributed by atoms with E-state index >= 15 is 0 Å². The van der Waals surface area contributed by atoms with E-state index in [-0.39, 0.29) is 5.56 Å². The number of thioether (sulfide) groups is 1. The van der Waals surface area contributed by atoms with E-state index in [1.165, 1.54) is 11.8 Å². The van der Waals surface area contributed by atoms with Gasteiger partial charge >= 0.3 is 0 Å². The molecule has 0 aliphatic rings. The summed E-state index contributed by atoms with van der Waals surface area (Å²) in [5.74, 6) is 0.731. The molecule has 0 saturated carbocycles. The molecule has 0 fully saturated rings. The molecular weight excluding hydrogens is 280 g/mol. The molecule has 2 rings (SSSR count). The maximum Gasteiger partial charge on any atom is 0.254 e. The Labute approximate surface area is 121 Å². The summed E-state index contributed by atoms with van der Waals surface area (Å²) in [6.45, 7) is 3.83. The standard InChI is InChI=1S/C14H15ClN2OS/c1-3-12-9(2)16-14(17-13(12)18)19-8-10-5-4-6-11(15)7-10/h4-7H,3,8H2,1-2H3,(H,16,17,18). The monoisotopic (exact) mass is 294 g/mol. The van der Waals surface area contributed by atoms with E-state index < -0.39 is 0 Å². The van der Waals surface area contributed by atoms with E-state index in [4.69, 9.17) is 11.6 Å². The summed E-state index contributed by atoms with van der Waals surface area (Å²) in [5, 5.41) is 1.37. The van der Waals surface area contributed by atoms with Crippen LogP contribution >= 0.6 is 23.4 Å². The third-order valence-corrected chi connectivity index (χ3v) is 4.00. The fraction of sp³-hybridized carbons (Fsp3) is 0.286. The Morgan fingerprint density at radius 2 is 2.21 bits per heavy atom. The van der Waals surface area contributed by atoms with Crippen LogP contribution in [0.25, 0.3) is 0 Å². The Kier molecular flexibility index (Phi) is 4.66. The molecule has 0 spiro atoms. The predicted octanol–water partition coefficient (Wildman–Crippen LogP) is 3.59. The van der Waals surface area contributed by atoms with Crippen molar-refractivity contribution in [2.75, 3.05) is 0 Å². The molecule has 0 aliphatic heterocycles. The molecule has 0 aliphatic carbocycles. The largest absolute Gasteiger partial charge is 0.301 e. The predicted molar refractivity (Wildman–Crippen MR) is 80.0 cm³/mol. The summed E-state index contributed by atoms with van der Waals surface area (Å²) >= 11 is 7.44. The Balaban J connectivity index is 2.14. The van der Waals surface area contributed by atoms with Crippen molar-refractivity contribution in [1.29, 1.82) is 0 Å². The first-order valence-electron chi connectivity index (χ1n) is 6.07. The first-order chi connectivity index (χ1) is 9.10. The quantitative estimate of drug-likeness (QED) is 0.692. The lowest BCUT2D eigenvalue weighted by atomic mass is 10.2. The average Bonchev–Trinajstić information content (AvgIpc) is 2.36. The Morgan fingerprint density at radius 3 is 2.84 bits per heavy atom. The van der Waals surface area contributed by atoms with E-state index in [0.717, 1.165) is 27.6 Å². The maximum absolute atomic E-state index is 11.8. The molecule has 1 aromatic carbocycles. The highest BCUT2D eigenvalue weighted by atomic mass is 35.5. The van der Waals surface area contributed by atoms with Gasteiger partial charge in [0.15, 0.2) is 5.16 Å². The molecular formula is C14H15ClN2OS. The molecule has 19 heavy (non-hydrogen) atoms. The molecule has 1 N–H and O–H groups in total. The zero-order valence-corrected chi connectivity index (χ0v) is 12.4. The molecule has 100 valence electrons. The van der Waals surface area contributed by atoms with Gasteiger partial charge in [0.2, 0.25) is 0 Å². The van der Waals surface area contributed by atoms with Crippen LogP contribution in [0.1, 0.15) is 23.7 Å². The number of benzene rings is 1. The van der Waals surface area contributed by atoms with Gasteiger partial charge in [-0.05, 0) is 31.0 Å². The molecule has 3 nitrogen and oxygen atoms in total. The fourth-order valence-corrected chi connectivity index (χ4v) is 2.91. The van der Waals surface area contributed by atoms with Crippen molar-refractivity contribution in [3.8, 4) is 0 Å². The summed E-state index contributed by atoms with van der Waals surface area (Å²) in [4.78, 5) is 19.1. The number of aryl methyl sites for hydroxylation is 1. The van der Waals surface area contributed by atoms with Gasteiger partial charge in [0.1, 0.15) is 0 Å². The molecule has 2 aromatic rings. The molecule has 0 unspecified atom stereocenters. The number of halogens is 1. The Morgan fingerprint density at radius 1 is 1.42 bits per heavy atom. The van der Waals surface area contributed by atoms with Crippen molar-refractivity contribution < 1.29 is 0 Å². The molecule has 0 atom stereocenters. The molecule has 0 amide bonds. The van der Waals surface area contributed by atoms with Crippen molar-refractivity contribution in [2.24, 2.45) is 0 Å². The van der Waals surface area contributed by atoms with Gasteiger partial charge in [-0.1, -0.05) is 42.4 Å². The highest BCUT2D eigenvalue weighted by Gasteiger charge is 2.06. The van der Waals surface area contributed by atoms with Crippen LogP contribution in [-0.2, 0) is 12.2 Å². The number of hydrogen-bond donors (Lipinski definition) is 1. The number of H-pyrrole nitrogens is 1. The summed E-state index contributed by atoms with van der Waals surface area (Å²) in [6, 6.07) is 7.68. The third kappa shape index (κ3) is 3.61. The van der Waals surface area contributed by atoms with Gasteiger partial charge in [-0.3, -0.25) is 4.79 Å². The van der Waals surface area contributed by atoms with Crippen molar-refractivity contribution in [3.05, 3.63) is 56.5 Å². The Hall–Kier alpha value is -1.26. The molecule has 0 bridgehead atoms. The van der Waals surface area contributed by atoms with Crippen molar-refractivity contribution >= 4 is 23.4 Å². The molecule has 1 heterocycles. The second kappa shape index (κ2) is 6.26. The van der Waals surface area contributed by atoms with Crippen LogP contribution < -0.4 is 5.56 Å². The number of nitrogens with one attached hydrogen (secondary N) is 1. The molecule has 5 heteroatoms. The smallest absolute Gasteiger partial charge is 0.254 e. The lowest BCUT2D eigenvalue weighted by Gasteiger charge is -2.05. The van der Waals surface area contributed by atoms with E-state index in [1.807, 2.05) is 38.1 Å². The highest BCUT2D eigenvalue weighted by molar-refractivity contribution is 7.98. The SMILES string of the molecule is CCc1c(C)nc(SCc2cccc(Cl)c2)[nH]c1=O. The summed E-state index contributed by atoms with van der Waals surface area (Å²) in [5.41, 5.74) is 2.63. The second-order valence-electron chi connectivity index (χ2n) is 4.21. The van der Waals surface area contributed by atoms with E-state index in [2.05, 4.69) is 9.97 Å². The first-order valence-corrected chi connectivity index (χ1v) is 7.43. The minimum Gasteiger partial charge on any atom is -0.301 e. The minimum atomic E-state index is -0.0383. The van der Waals surface area contributed by atoms with Crippen LogP contribution in [0, 0.1) is 6.92 Å². The number of aromatic nitrogens is 2. The van der Waals surface area contributed by atoms with E-state index in [0.29, 0.717) is 11.6 Å². The van der Waals surface area contributed by atoms with E-state index in [9.17, 15) is 4.79 Å². The molecule has 0 saturated heterocycles. The lowest BCUT2D eigenvalue weighted by molar-refractivity contribution is 0.858. The summed E-state index contributed by atoms with van der Waals surface area (Å²) < 4.78 is 0. The zero-order valence-electron chi connectivity index (χ0n) is 10.9. The van der Waals surface area contributed by atoms with E-state index in [1.54, 1.807) is 0 Å². The van der Waals surface area contributed by atoms with Crippen LogP contribution in [0.3, 0.4) is 0 Å². The molecule has 1 aromatic heterocycles. The second-order valence-corrected chi connectivity index (χ2v) is 5.61. The normalized spacial score (nSPS) is 10.7. The fourth-order valence-electron chi connectivity index (χ4n) is 1.85. The zero-order chi connectivity index (χ0) is 13.8. The van der Waals surface area contributed by atoms with Crippen molar-refractivity contribution in [2.45, 2.75) is 31.2 Å². The third-order valence-electron chi connectivity index (χ3n) is 2.82. The van der Waals surface area contributed by atoms with Gasteiger partial charge in [0.05, 0.1) is 0 Å². The van der Waals surface area contributed by atoms with Gasteiger partial charge in [0, 0.05) is 22.0 Å². The summed E-state index contributed by atoms with van der Waals surface area (Å²) in [6.07, 6.45) is 0.702. The van der Waals surface area contributed by atoms with Gasteiger partial charge in [0.25, 0.3) is 5.56 Å². The van der Waals surface area contributed by atoms with Crippen LogP contribution in [0.2, 0.25) is 5.02 Å². The molecule has 0 radical (unpaired) electrons. The maximum atomic E-state index is 11.8. The summed E-state index contributed by atoms with van der Waals surface area (Å²) in [7, 11) is 0. The highest BCUT2D eigenvalue weighted by Crippen LogP contribution is 2.21. The van der Waals surface area contributed by atoms with Crippen LogP contribution in [-0.4, -0.2) is 9.97 Å². The minimum absolute atomic E-state index is 0.0383. The lowest BCUT2D eigenvalue weighted by Crippen LogP contribution is -2.16. The number of nitrogens with zero attached hydrogens (tertiary/aromatic N) is 1. The van der Waals surface area contributed by atoms with Crippen LogP contribution in [0.15, 0.2) is 34.2 Å². The van der Waals surface area contributed by atoms with Crippen LogP contribution in [0.4, 0.5) is 0 Å². The van der Waals surface area contributed by atoms with Gasteiger partial charge < -0.3 is 4.98 Å². The van der Waals surface area contributed by atoms with Gasteiger partial charge in [-0.25, -0.2) is 4.98 Å². The number of rotatable bonds is 4. The van der Waals surface area contributed by atoms with Gasteiger partial charge in [-0.15, -0.1) is 0 Å². The number of hydrogen-bond acceptors (Lipinski definition) is 3. The first kappa shape index (κ1) is 14.2. The topological polar surface area (TPSA) is 45.8 Å². The Bertz CT molecular complexity index is 640.